The monoisotopic (exact) mass is 681 g/mol. The summed E-state index contributed by atoms with van der Waals surface area (Å²) in [5.74, 6) is -1.46. The highest BCUT2D eigenvalue weighted by Gasteiger charge is 2.29. The molecule has 1 amide bonds. The minimum atomic E-state index is -1.26. The number of aliphatic hydroxyl groups excluding tert-OH is 2. The number of benzene rings is 3. The molecule has 0 saturated carbocycles. The van der Waals surface area contributed by atoms with Crippen LogP contribution in [0.25, 0.3) is 39.7 Å². The molecule has 0 fully saturated rings. The maximum atomic E-state index is 14.3. The van der Waals surface area contributed by atoms with Crippen molar-refractivity contribution in [1.82, 2.24) is 15.0 Å². The smallest absolute Gasteiger partial charge is 0.305 e. The van der Waals surface area contributed by atoms with E-state index in [2.05, 4.69) is 10.5 Å². The Bertz CT molecular complexity index is 1950. The van der Waals surface area contributed by atoms with Crippen molar-refractivity contribution in [3.63, 3.8) is 0 Å². The van der Waals surface area contributed by atoms with Crippen molar-refractivity contribution < 1.29 is 38.6 Å². The molecule has 3 aromatic carbocycles. The normalized spacial score (nSPS) is 12.8. The average Bonchev–Trinajstić information content (AvgIpc) is 3.70. The Kier molecular flexibility index (Phi) is 11.8. The molecular weight excluding hydrogens is 641 g/mol. The lowest BCUT2D eigenvalue weighted by atomic mass is 9.94. The number of carbonyl (C=O) groups excluding carboxylic acids is 1. The van der Waals surface area contributed by atoms with Gasteiger partial charge in [-0.2, -0.15) is 0 Å². The van der Waals surface area contributed by atoms with Crippen molar-refractivity contribution in [2.45, 2.75) is 58.1 Å². The van der Waals surface area contributed by atoms with Crippen molar-refractivity contribution in [1.29, 1.82) is 0 Å². The number of halogens is 1. The predicted molar refractivity (Wildman–Crippen MR) is 187 cm³/mol. The predicted octanol–water partition coefficient (Wildman–Crippen LogP) is 6.87. The third-order valence-corrected chi connectivity index (χ3v) is 8.08. The zero-order chi connectivity index (χ0) is 35.8. The second kappa shape index (κ2) is 16.4. The second-order valence-corrected chi connectivity index (χ2v) is 12.2. The Morgan fingerprint density at radius 3 is 2.34 bits per heavy atom. The third kappa shape index (κ3) is 8.61. The van der Waals surface area contributed by atoms with Gasteiger partial charge < -0.3 is 34.5 Å². The Labute approximate surface area is 289 Å². The number of aliphatic carboxylic acids is 1. The Morgan fingerprint density at radius 2 is 1.66 bits per heavy atom. The van der Waals surface area contributed by atoms with Crippen LogP contribution >= 0.6 is 0 Å². The van der Waals surface area contributed by atoms with E-state index < -0.39 is 36.3 Å². The van der Waals surface area contributed by atoms with Crippen LogP contribution in [0.15, 0.2) is 95.5 Å². The van der Waals surface area contributed by atoms with Crippen LogP contribution in [0.2, 0.25) is 0 Å². The zero-order valence-electron chi connectivity index (χ0n) is 28.0. The summed E-state index contributed by atoms with van der Waals surface area (Å²) in [6, 6.07) is 24.5. The molecule has 0 aliphatic carbocycles. The highest BCUT2D eigenvalue weighted by molar-refractivity contribution is 6.06. The molecule has 0 bridgehead atoms. The molecule has 4 N–H and O–H groups in total. The lowest BCUT2D eigenvalue weighted by molar-refractivity contribution is -0.139. The van der Waals surface area contributed by atoms with Crippen LogP contribution in [0.5, 0.6) is 0 Å². The van der Waals surface area contributed by atoms with Crippen molar-refractivity contribution in [3.8, 4) is 33.6 Å². The zero-order valence-corrected chi connectivity index (χ0v) is 28.0. The maximum absolute atomic E-state index is 14.3. The number of carbonyl (C=O) groups is 2. The molecule has 0 saturated heterocycles. The van der Waals surface area contributed by atoms with Gasteiger partial charge in [0, 0.05) is 48.0 Å². The van der Waals surface area contributed by atoms with Crippen molar-refractivity contribution in [3.05, 3.63) is 119 Å². The molecule has 0 spiro atoms. The van der Waals surface area contributed by atoms with Gasteiger partial charge in [0.2, 0.25) is 0 Å². The van der Waals surface area contributed by atoms with Crippen LogP contribution < -0.4 is 5.32 Å². The number of hydrogen-bond donors (Lipinski definition) is 4. The number of carboxylic acids is 1. The molecule has 0 radical (unpaired) electrons. The van der Waals surface area contributed by atoms with E-state index in [0.717, 1.165) is 16.7 Å². The van der Waals surface area contributed by atoms with Gasteiger partial charge in [-0.25, -0.2) is 4.39 Å². The van der Waals surface area contributed by atoms with Crippen molar-refractivity contribution >= 4 is 18.0 Å². The summed E-state index contributed by atoms with van der Waals surface area (Å²) in [5, 5.41) is 37.1. The first-order valence-corrected chi connectivity index (χ1v) is 16.2. The van der Waals surface area contributed by atoms with Crippen LogP contribution in [0.1, 0.15) is 60.2 Å². The van der Waals surface area contributed by atoms with E-state index in [1.807, 2.05) is 73.0 Å². The van der Waals surface area contributed by atoms with Crippen LogP contribution in [0, 0.1) is 5.82 Å². The summed E-state index contributed by atoms with van der Waals surface area (Å²) >= 11 is 0. The molecule has 260 valence electrons. The minimum Gasteiger partial charge on any atom is -0.481 e. The summed E-state index contributed by atoms with van der Waals surface area (Å²) in [5.41, 5.74) is 5.80. The standard InChI is InChI=1S/C39H40FN3O7/c1-24(2)43-33(17-16-31(44)20-32(45)21-35(46)47)36(27-12-14-29(40)15-13-27)37(26-9-5-4-6-10-26)38(43)39(48)41-22-30-19-34(50-42-30)28-11-7-8-25(18-28)23-49-3/h4-19,24,31-32,44-45H,20-23H2,1-3H3,(H,41,48)(H,46,47)/b17-16+/t31-,32-/m1/s1. The topological polar surface area (TPSA) is 147 Å². The van der Waals surface area contributed by atoms with E-state index in [9.17, 15) is 24.2 Å². The molecule has 11 heteroatoms. The summed E-state index contributed by atoms with van der Waals surface area (Å²) in [6.45, 7) is 4.36. The first-order chi connectivity index (χ1) is 24.0. The Hall–Kier alpha value is -5.36. The van der Waals surface area contributed by atoms with Gasteiger partial charge in [0.15, 0.2) is 5.76 Å². The van der Waals surface area contributed by atoms with Crippen molar-refractivity contribution in [2.24, 2.45) is 0 Å². The van der Waals surface area contributed by atoms with Crippen LogP contribution in [0.3, 0.4) is 0 Å². The number of methoxy groups -OCH3 is 1. The summed E-state index contributed by atoms with van der Waals surface area (Å²) in [7, 11) is 1.63. The molecule has 5 rings (SSSR count). The third-order valence-electron chi connectivity index (χ3n) is 8.08. The van der Waals surface area contributed by atoms with E-state index in [-0.39, 0.29) is 19.0 Å². The number of aromatic nitrogens is 2. The lowest BCUT2D eigenvalue weighted by Gasteiger charge is -2.17. The minimum absolute atomic E-state index is 0.0643. The highest BCUT2D eigenvalue weighted by atomic mass is 19.1. The molecule has 0 aliphatic heterocycles. The number of aliphatic hydroxyl groups is 2. The van der Waals surface area contributed by atoms with E-state index in [0.29, 0.717) is 46.1 Å². The maximum Gasteiger partial charge on any atom is 0.305 e. The van der Waals surface area contributed by atoms with Gasteiger partial charge in [0.25, 0.3) is 5.91 Å². The quantitative estimate of drug-likeness (QED) is 0.0936. The van der Waals surface area contributed by atoms with E-state index >= 15 is 0 Å². The van der Waals surface area contributed by atoms with Crippen LogP contribution in [-0.4, -0.2) is 56.2 Å². The molecule has 50 heavy (non-hydrogen) atoms. The fourth-order valence-electron chi connectivity index (χ4n) is 5.94. The van der Waals surface area contributed by atoms with Crippen LogP contribution in [-0.2, 0) is 22.7 Å². The van der Waals surface area contributed by atoms with Gasteiger partial charge in [0.1, 0.15) is 17.2 Å². The number of nitrogens with zero attached hydrogens (tertiary/aromatic N) is 2. The fraction of sp³-hybridized carbons (Fsp3) is 0.256. The second-order valence-electron chi connectivity index (χ2n) is 12.2. The molecular formula is C39H40FN3O7. The molecule has 5 aromatic rings. The first-order valence-electron chi connectivity index (χ1n) is 16.2. The molecule has 10 nitrogen and oxygen atoms in total. The average molecular weight is 682 g/mol. The number of carboxylic acid groups (broad SMARTS) is 1. The van der Waals surface area contributed by atoms with E-state index in [4.69, 9.17) is 14.4 Å². The first kappa shape index (κ1) is 35.9. The molecule has 0 unspecified atom stereocenters. The molecule has 2 atom stereocenters. The van der Waals surface area contributed by atoms with E-state index in [1.165, 1.54) is 18.2 Å². The van der Waals surface area contributed by atoms with Crippen LogP contribution in [0.4, 0.5) is 4.39 Å². The van der Waals surface area contributed by atoms with Gasteiger partial charge in [-0.3, -0.25) is 9.59 Å². The summed E-state index contributed by atoms with van der Waals surface area (Å²) in [4.78, 5) is 25.4. The van der Waals surface area contributed by atoms with Gasteiger partial charge >= 0.3 is 5.97 Å². The summed E-state index contributed by atoms with van der Waals surface area (Å²) < 4.78 is 26.9. The molecule has 2 aromatic heterocycles. The largest absolute Gasteiger partial charge is 0.481 e. The Morgan fingerprint density at radius 1 is 0.960 bits per heavy atom. The SMILES string of the molecule is COCc1cccc(-c2cc(CNC(=O)c3c(-c4ccccc4)c(-c4ccc(F)cc4)c(/C=C/[C@@H](O)C[C@@H](O)CC(=O)O)n3C(C)C)no2)c1. The number of amides is 1. The van der Waals surface area contributed by atoms with Gasteiger partial charge in [-0.15, -0.1) is 0 Å². The number of hydrogen-bond acceptors (Lipinski definition) is 7. The number of nitrogens with one attached hydrogen (secondary N) is 1. The van der Waals surface area contributed by atoms with Gasteiger partial charge in [0.05, 0.1) is 31.8 Å². The number of ether oxygens (including phenoxy) is 1. The molecule has 0 aliphatic rings. The van der Waals surface area contributed by atoms with E-state index in [1.54, 1.807) is 31.4 Å². The highest BCUT2D eigenvalue weighted by Crippen LogP contribution is 2.42. The van der Waals surface area contributed by atoms with Crippen molar-refractivity contribution in [2.75, 3.05) is 7.11 Å². The molecule has 2 heterocycles. The number of rotatable bonds is 15. The van der Waals surface area contributed by atoms with Gasteiger partial charge in [-0.05, 0) is 54.8 Å². The lowest BCUT2D eigenvalue weighted by Crippen LogP contribution is -2.27. The fourth-order valence-corrected chi connectivity index (χ4v) is 5.94. The Balaban J connectivity index is 1.57. The summed E-state index contributed by atoms with van der Waals surface area (Å²) in [6.07, 6.45) is -0.0397. The van der Waals surface area contributed by atoms with Gasteiger partial charge in [-0.1, -0.05) is 71.9 Å².